The Kier molecular flexibility index (Phi) is 7.00. The number of rotatable bonds is 2. The lowest BCUT2D eigenvalue weighted by Crippen LogP contribution is -2.57. The number of ether oxygens (including phenoxy) is 1. The lowest BCUT2D eigenvalue weighted by molar-refractivity contribution is 0.0419. The fourth-order valence-electron chi connectivity index (χ4n) is 6.23. The number of carbonyl (C=O) groups excluding carboxylic acids is 2. The highest BCUT2D eigenvalue weighted by Gasteiger charge is 2.37. The molecule has 2 aliphatic rings. The van der Waals surface area contributed by atoms with Gasteiger partial charge in [-0.05, 0) is 57.9 Å². The Morgan fingerprint density at radius 3 is 2.57 bits per heavy atom. The summed E-state index contributed by atoms with van der Waals surface area (Å²) in [5.41, 5.74) is 0.936. The van der Waals surface area contributed by atoms with E-state index in [4.69, 9.17) is 4.74 Å². The number of carbonyl (C=O) groups is 3. The number of thiophene rings is 1. The smallest absolute Gasteiger partial charge is 0.412 e. The second kappa shape index (κ2) is 10.5. The van der Waals surface area contributed by atoms with Crippen molar-refractivity contribution in [1.29, 1.82) is 5.26 Å². The van der Waals surface area contributed by atoms with Gasteiger partial charge in [-0.2, -0.15) is 5.26 Å². The maximum absolute atomic E-state index is 16.4. The molecule has 2 aliphatic heterocycles. The Hall–Kier alpha value is -4.70. The van der Waals surface area contributed by atoms with E-state index in [0.717, 1.165) is 17.0 Å². The molecule has 2 aromatic carbocycles. The number of benzene rings is 2. The summed E-state index contributed by atoms with van der Waals surface area (Å²) in [7, 11) is 0. The molecule has 6 rings (SSSR count). The zero-order valence-electron chi connectivity index (χ0n) is 24.5. The Morgan fingerprint density at radius 2 is 1.89 bits per heavy atom. The molecular formula is C31H29F2N5O5S. The fourth-order valence-corrected chi connectivity index (χ4v) is 7.29. The Morgan fingerprint density at radius 1 is 1.14 bits per heavy atom. The van der Waals surface area contributed by atoms with Crippen LogP contribution < -0.4 is 5.32 Å². The largest absolute Gasteiger partial charge is 0.465 e. The van der Waals surface area contributed by atoms with Gasteiger partial charge in [0.1, 0.15) is 28.3 Å². The minimum atomic E-state index is -1.05. The number of carboxylic acid groups (broad SMARTS) is 1. The van der Waals surface area contributed by atoms with Gasteiger partial charge in [-0.3, -0.25) is 10.1 Å². The molecule has 4 heterocycles. The number of piperazine rings is 1. The molecule has 3 amide bonds. The van der Waals surface area contributed by atoms with E-state index in [9.17, 15) is 24.8 Å². The number of aryl methyl sites for hydroxylation is 2. The molecule has 10 nitrogen and oxygen atoms in total. The molecule has 2 aromatic heterocycles. The molecule has 0 radical (unpaired) electrons. The van der Waals surface area contributed by atoms with Crippen molar-refractivity contribution in [2.45, 2.75) is 52.3 Å². The van der Waals surface area contributed by atoms with E-state index in [1.165, 1.54) is 23.1 Å². The van der Waals surface area contributed by atoms with Gasteiger partial charge in [-0.1, -0.05) is 6.07 Å². The van der Waals surface area contributed by atoms with Crippen molar-refractivity contribution >= 4 is 55.4 Å². The van der Waals surface area contributed by atoms with Crippen LogP contribution in [0.4, 0.5) is 23.4 Å². The summed E-state index contributed by atoms with van der Waals surface area (Å²) in [6, 6.07) is 7.23. The number of nitrogens with one attached hydrogen (secondary N) is 1. The summed E-state index contributed by atoms with van der Waals surface area (Å²) >= 11 is 0.854. The van der Waals surface area contributed by atoms with Crippen molar-refractivity contribution in [2.24, 2.45) is 0 Å². The average molecular weight is 622 g/mol. The monoisotopic (exact) mass is 621 g/mol. The van der Waals surface area contributed by atoms with E-state index in [1.54, 1.807) is 31.7 Å². The topological polar surface area (TPSA) is 128 Å². The Labute approximate surface area is 255 Å². The van der Waals surface area contributed by atoms with Crippen LogP contribution in [0.2, 0.25) is 0 Å². The van der Waals surface area contributed by atoms with Crippen LogP contribution in [0.15, 0.2) is 24.3 Å². The molecule has 0 saturated carbocycles. The summed E-state index contributed by atoms with van der Waals surface area (Å²) in [6.45, 7) is 7.87. The number of hydrogen-bond donors (Lipinski definition) is 2. The molecule has 228 valence electrons. The van der Waals surface area contributed by atoms with Gasteiger partial charge in [0, 0.05) is 48.2 Å². The molecule has 0 bridgehead atoms. The van der Waals surface area contributed by atoms with Crippen LogP contribution in [-0.2, 0) is 11.3 Å². The predicted octanol–water partition coefficient (Wildman–Crippen LogP) is 6.54. The number of aromatic nitrogens is 1. The van der Waals surface area contributed by atoms with Crippen LogP contribution in [0, 0.1) is 29.9 Å². The second-order valence-corrected chi connectivity index (χ2v) is 13.0. The first-order valence-electron chi connectivity index (χ1n) is 14.1. The van der Waals surface area contributed by atoms with Gasteiger partial charge in [0.15, 0.2) is 0 Å². The van der Waals surface area contributed by atoms with Gasteiger partial charge in [-0.25, -0.2) is 18.4 Å². The summed E-state index contributed by atoms with van der Waals surface area (Å²) in [5.74, 6) is -1.76. The number of fused-ring (bicyclic) bond motifs is 2. The van der Waals surface area contributed by atoms with Crippen molar-refractivity contribution in [3.8, 4) is 17.2 Å². The highest BCUT2D eigenvalue weighted by atomic mass is 32.1. The van der Waals surface area contributed by atoms with Gasteiger partial charge in [0.05, 0.1) is 27.4 Å². The number of hydrogen-bond acceptors (Lipinski definition) is 6. The molecule has 1 atom stereocenters. The molecule has 13 heteroatoms. The summed E-state index contributed by atoms with van der Waals surface area (Å²) in [5, 5.41) is 22.8. The van der Waals surface area contributed by atoms with Gasteiger partial charge >= 0.3 is 12.2 Å². The maximum Gasteiger partial charge on any atom is 0.412 e. The van der Waals surface area contributed by atoms with E-state index in [2.05, 4.69) is 5.32 Å². The third kappa shape index (κ3) is 4.79. The van der Waals surface area contributed by atoms with Crippen molar-refractivity contribution in [2.75, 3.05) is 25.0 Å². The Balaban J connectivity index is 1.53. The van der Waals surface area contributed by atoms with Crippen molar-refractivity contribution < 1.29 is 33.0 Å². The molecule has 1 saturated heterocycles. The molecule has 0 aliphatic carbocycles. The fraction of sp³-hybridized carbons (Fsp3) is 0.355. The first-order chi connectivity index (χ1) is 20.8. The van der Waals surface area contributed by atoms with Gasteiger partial charge in [0.25, 0.3) is 5.91 Å². The SMILES string of the molecule is Cc1cc2c(-c3ccc(F)c4sc(NC(=O)OC(C)(C)C)c(C#N)c34)c(F)cc3c2n1CC[C@H]1CN(C(=O)O)CCN1C3=O. The van der Waals surface area contributed by atoms with Crippen molar-refractivity contribution in [3.05, 3.63) is 52.7 Å². The van der Waals surface area contributed by atoms with Gasteiger partial charge < -0.3 is 24.2 Å². The number of nitriles is 1. The maximum atomic E-state index is 16.4. The lowest BCUT2D eigenvalue weighted by Gasteiger charge is -2.41. The van der Waals surface area contributed by atoms with Crippen LogP contribution in [0.25, 0.3) is 32.1 Å². The van der Waals surface area contributed by atoms with Gasteiger partial charge in [0.2, 0.25) is 0 Å². The van der Waals surface area contributed by atoms with Crippen LogP contribution >= 0.6 is 11.3 Å². The van der Waals surface area contributed by atoms with Crippen LogP contribution in [0.5, 0.6) is 0 Å². The number of halogens is 2. The summed E-state index contributed by atoms with van der Waals surface area (Å²) < 4.78 is 38.8. The van der Waals surface area contributed by atoms with E-state index >= 15 is 8.78 Å². The molecule has 1 fully saturated rings. The zero-order chi connectivity index (χ0) is 31.7. The van der Waals surface area contributed by atoms with Crippen molar-refractivity contribution in [3.63, 3.8) is 0 Å². The van der Waals surface area contributed by atoms with Crippen LogP contribution in [0.1, 0.15) is 48.8 Å². The quantitative estimate of drug-likeness (QED) is 0.262. The average Bonchev–Trinajstić information content (AvgIpc) is 3.47. The van der Waals surface area contributed by atoms with Crippen LogP contribution in [0.3, 0.4) is 0 Å². The summed E-state index contributed by atoms with van der Waals surface area (Å²) in [4.78, 5) is 41.0. The third-order valence-corrected chi connectivity index (χ3v) is 9.17. The number of nitrogens with zero attached hydrogens (tertiary/aromatic N) is 4. The first-order valence-corrected chi connectivity index (χ1v) is 14.9. The first kappa shape index (κ1) is 29.4. The minimum absolute atomic E-state index is 0.0329. The Bertz CT molecular complexity index is 1940. The molecule has 44 heavy (non-hydrogen) atoms. The number of amides is 3. The molecule has 0 spiro atoms. The lowest BCUT2D eigenvalue weighted by atomic mass is 9.93. The highest BCUT2D eigenvalue weighted by molar-refractivity contribution is 7.23. The van der Waals surface area contributed by atoms with E-state index in [0.29, 0.717) is 23.9 Å². The zero-order valence-corrected chi connectivity index (χ0v) is 25.3. The molecule has 2 N–H and O–H groups in total. The van der Waals surface area contributed by atoms with Crippen LogP contribution in [-0.4, -0.2) is 68.8 Å². The standard InChI is InChI=1S/C31H29F2N5O5S/c1-15-11-18-23(17-5-6-21(32)26-24(17)20(13-34)27(44-26)35-29(40)43-31(2,3)4)22(33)12-19-25(18)37(15)8-7-16-14-36(30(41)42)9-10-38(16)28(19)39/h5-6,11-12,16H,7-10,14H2,1-4H3,(H,35,40)(H,41,42)/t16-/m0/s1. The van der Waals surface area contributed by atoms with E-state index in [1.807, 2.05) is 17.6 Å². The minimum Gasteiger partial charge on any atom is -0.465 e. The number of anilines is 1. The third-order valence-electron chi connectivity index (χ3n) is 8.06. The summed E-state index contributed by atoms with van der Waals surface area (Å²) in [6.07, 6.45) is -1.37. The van der Waals surface area contributed by atoms with E-state index < -0.39 is 35.3 Å². The molecule has 4 aromatic rings. The second-order valence-electron chi connectivity index (χ2n) is 12.0. The molecule has 0 unspecified atom stereocenters. The molecular weight excluding hydrogens is 592 g/mol. The normalized spacial score (nSPS) is 16.8. The highest BCUT2D eigenvalue weighted by Crippen LogP contribution is 2.46. The van der Waals surface area contributed by atoms with E-state index in [-0.39, 0.29) is 63.0 Å². The predicted molar refractivity (Wildman–Crippen MR) is 161 cm³/mol. The van der Waals surface area contributed by atoms with Gasteiger partial charge in [-0.15, -0.1) is 11.3 Å². The van der Waals surface area contributed by atoms with Crippen molar-refractivity contribution in [1.82, 2.24) is 14.4 Å².